The molecule has 0 aliphatic carbocycles. The quantitative estimate of drug-likeness (QED) is 0.769. The van der Waals surface area contributed by atoms with Crippen LogP contribution < -0.4 is 0 Å². The van der Waals surface area contributed by atoms with Crippen LogP contribution in [0, 0.1) is 13.8 Å². The van der Waals surface area contributed by atoms with Gasteiger partial charge in [-0.2, -0.15) is 0 Å². The fourth-order valence-corrected chi connectivity index (χ4v) is 2.48. The average molecular weight is 268 g/mol. The van der Waals surface area contributed by atoms with E-state index in [-0.39, 0.29) is 12.2 Å². The largest absolute Gasteiger partial charge is 0.371 e. The second-order valence-electron chi connectivity index (χ2n) is 5.38. The monoisotopic (exact) mass is 268 g/mol. The van der Waals surface area contributed by atoms with Crippen molar-refractivity contribution in [3.63, 3.8) is 0 Å². The Hall–Kier alpha value is -1.64. The molecule has 1 fully saturated rings. The fraction of sp³-hybridized carbons (Fsp3) is 0.333. The van der Waals surface area contributed by atoms with Gasteiger partial charge in [-0.1, -0.05) is 48.5 Å². The number of hydrogen-bond donors (Lipinski definition) is 0. The molecule has 2 aromatic rings. The molecular formula is C18H20O2. The van der Waals surface area contributed by atoms with Crippen LogP contribution in [0.25, 0.3) is 0 Å². The number of ether oxygens (including phenoxy) is 2. The highest BCUT2D eigenvalue weighted by molar-refractivity contribution is 5.38. The zero-order chi connectivity index (χ0) is 13.9. The molecule has 1 saturated heterocycles. The molecule has 1 aliphatic rings. The summed E-state index contributed by atoms with van der Waals surface area (Å²) in [6, 6.07) is 16.9. The number of hydrogen-bond acceptors (Lipinski definition) is 2. The first-order valence-electron chi connectivity index (χ1n) is 7.10. The van der Waals surface area contributed by atoms with Crippen molar-refractivity contribution in [3.8, 4) is 0 Å². The number of epoxide rings is 1. The summed E-state index contributed by atoms with van der Waals surface area (Å²) < 4.78 is 11.4. The minimum Gasteiger partial charge on any atom is -0.371 e. The lowest BCUT2D eigenvalue weighted by Crippen LogP contribution is -2.12. The van der Waals surface area contributed by atoms with Crippen molar-refractivity contribution in [2.75, 3.05) is 13.2 Å². The third kappa shape index (κ3) is 2.92. The van der Waals surface area contributed by atoms with Crippen molar-refractivity contribution in [1.82, 2.24) is 0 Å². The third-order valence-electron chi connectivity index (χ3n) is 3.79. The van der Waals surface area contributed by atoms with Gasteiger partial charge in [-0.25, -0.2) is 0 Å². The molecule has 0 aromatic heterocycles. The molecule has 2 aromatic carbocycles. The first kappa shape index (κ1) is 13.3. The number of benzene rings is 2. The van der Waals surface area contributed by atoms with Crippen LogP contribution >= 0.6 is 0 Å². The maximum absolute atomic E-state index is 6.17. The van der Waals surface area contributed by atoms with Crippen molar-refractivity contribution in [2.24, 2.45) is 0 Å². The molecule has 0 radical (unpaired) electrons. The van der Waals surface area contributed by atoms with Crippen molar-refractivity contribution in [3.05, 3.63) is 70.8 Å². The molecule has 0 spiro atoms. The molecule has 20 heavy (non-hydrogen) atoms. The first-order chi connectivity index (χ1) is 9.75. The van der Waals surface area contributed by atoms with Crippen molar-refractivity contribution in [1.29, 1.82) is 0 Å². The Labute approximate surface area is 120 Å². The van der Waals surface area contributed by atoms with Crippen LogP contribution in [0.15, 0.2) is 48.5 Å². The summed E-state index contributed by atoms with van der Waals surface area (Å²) in [5, 5.41) is 0. The molecule has 1 aliphatic heterocycles. The summed E-state index contributed by atoms with van der Waals surface area (Å²) >= 11 is 0. The molecule has 104 valence electrons. The molecular weight excluding hydrogens is 248 g/mol. The zero-order valence-electron chi connectivity index (χ0n) is 12.0. The van der Waals surface area contributed by atoms with E-state index in [1.54, 1.807) is 0 Å². The van der Waals surface area contributed by atoms with Gasteiger partial charge in [0.2, 0.25) is 0 Å². The molecule has 0 unspecified atom stereocenters. The highest BCUT2D eigenvalue weighted by Gasteiger charge is 2.26. The van der Waals surface area contributed by atoms with Gasteiger partial charge in [0.1, 0.15) is 12.2 Å². The van der Waals surface area contributed by atoms with Crippen LogP contribution in [0.3, 0.4) is 0 Å². The second kappa shape index (κ2) is 5.78. The summed E-state index contributed by atoms with van der Waals surface area (Å²) in [6.07, 6.45) is 0.270. The lowest BCUT2D eigenvalue weighted by Gasteiger charge is -2.22. The van der Waals surface area contributed by atoms with E-state index in [2.05, 4.69) is 62.4 Å². The first-order valence-corrected chi connectivity index (χ1v) is 7.10. The molecule has 2 nitrogen and oxygen atoms in total. The van der Waals surface area contributed by atoms with Gasteiger partial charge in [0.15, 0.2) is 0 Å². The Balaban J connectivity index is 1.94. The molecule has 0 bridgehead atoms. The Kier molecular flexibility index (Phi) is 3.86. The van der Waals surface area contributed by atoms with Gasteiger partial charge in [0.25, 0.3) is 0 Å². The van der Waals surface area contributed by atoms with E-state index in [1.165, 1.54) is 22.3 Å². The average Bonchev–Trinajstić information content (AvgIpc) is 3.27. The summed E-state index contributed by atoms with van der Waals surface area (Å²) in [4.78, 5) is 0. The predicted molar refractivity (Wildman–Crippen MR) is 79.9 cm³/mol. The maximum atomic E-state index is 6.17. The topological polar surface area (TPSA) is 21.8 Å². The minimum absolute atomic E-state index is 0.0124. The van der Waals surface area contributed by atoms with Gasteiger partial charge in [-0.05, 0) is 36.1 Å². The molecule has 0 amide bonds. The van der Waals surface area contributed by atoms with E-state index in [4.69, 9.17) is 9.47 Å². The van der Waals surface area contributed by atoms with E-state index in [1.807, 2.05) is 0 Å². The summed E-state index contributed by atoms with van der Waals surface area (Å²) in [6.45, 7) is 5.76. The molecule has 3 rings (SSSR count). The predicted octanol–water partition coefficient (Wildman–Crippen LogP) is 3.81. The highest BCUT2D eigenvalue weighted by atomic mass is 16.6. The van der Waals surface area contributed by atoms with Gasteiger partial charge < -0.3 is 9.47 Å². The van der Waals surface area contributed by atoms with E-state index < -0.39 is 0 Å². The lowest BCUT2D eigenvalue weighted by atomic mass is 9.94. The fourth-order valence-electron chi connectivity index (χ4n) is 2.48. The number of rotatable bonds is 5. The second-order valence-corrected chi connectivity index (χ2v) is 5.38. The smallest absolute Gasteiger partial charge is 0.108 e. The normalized spacial score (nSPS) is 17.4. The molecule has 0 saturated carbocycles. The van der Waals surface area contributed by atoms with Crippen LogP contribution in [-0.2, 0) is 9.47 Å². The van der Waals surface area contributed by atoms with Crippen LogP contribution in [0.5, 0.6) is 0 Å². The van der Waals surface area contributed by atoms with Crippen molar-refractivity contribution < 1.29 is 9.47 Å². The van der Waals surface area contributed by atoms with E-state index >= 15 is 0 Å². The van der Waals surface area contributed by atoms with Gasteiger partial charge in [-0.3, -0.25) is 0 Å². The van der Waals surface area contributed by atoms with Gasteiger partial charge in [0, 0.05) is 0 Å². The van der Waals surface area contributed by atoms with Crippen LogP contribution in [0.4, 0.5) is 0 Å². The summed E-state index contributed by atoms with van der Waals surface area (Å²) in [7, 11) is 0. The van der Waals surface area contributed by atoms with Crippen LogP contribution in [0.1, 0.15) is 28.4 Å². The van der Waals surface area contributed by atoms with E-state index in [9.17, 15) is 0 Å². The SMILES string of the molecule is Cc1ccccc1C(OC[C@@H]1CO1)c1ccccc1C. The Morgan fingerprint density at radius 1 is 1.00 bits per heavy atom. The van der Waals surface area contributed by atoms with Crippen LogP contribution in [-0.4, -0.2) is 19.3 Å². The minimum atomic E-state index is -0.0124. The zero-order valence-corrected chi connectivity index (χ0v) is 12.0. The molecule has 2 heteroatoms. The van der Waals surface area contributed by atoms with Crippen molar-refractivity contribution in [2.45, 2.75) is 26.1 Å². The van der Waals surface area contributed by atoms with Crippen molar-refractivity contribution >= 4 is 0 Å². The molecule has 1 atom stereocenters. The Bertz CT molecular complexity index is 542. The molecule has 1 heterocycles. The standard InChI is InChI=1S/C18H20O2/c1-13-7-3-5-9-16(13)18(20-12-15-11-19-15)17-10-6-4-8-14(17)2/h3-10,15,18H,11-12H2,1-2H3/t15-/m0/s1. The third-order valence-corrected chi connectivity index (χ3v) is 3.79. The Morgan fingerprint density at radius 2 is 1.50 bits per heavy atom. The summed E-state index contributed by atoms with van der Waals surface area (Å²) in [5.74, 6) is 0. The van der Waals surface area contributed by atoms with Gasteiger partial charge in [0.05, 0.1) is 13.2 Å². The van der Waals surface area contributed by atoms with E-state index in [0.29, 0.717) is 6.61 Å². The maximum Gasteiger partial charge on any atom is 0.108 e. The lowest BCUT2D eigenvalue weighted by molar-refractivity contribution is 0.0665. The van der Waals surface area contributed by atoms with Crippen LogP contribution in [0.2, 0.25) is 0 Å². The molecule has 0 N–H and O–H groups in total. The highest BCUT2D eigenvalue weighted by Crippen LogP contribution is 2.31. The van der Waals surface area contributed by atoms with E-state index in [0.717, 1.165) is 6.61 Å². The van der Waals surface area contributed by atoms with Gasteiger partial charge >= 0.3 is 0 Å². The van der Waals surface area contributed by atoms with Gasteiger partial charge in [-0.15, -0.1) is 0 Å². The number of aryl methyl sites for hydroxylation is 2. The Morgan fingerprint density at radius 3 is 1.95 bits per heavy atom. The summed E-state index contributed by atoms with van der Waals surface area (Å²) in [5.41, 5.74) is 5.00.